The number of carboxylic acid groups (broad SMARTS) is 1. The van der Waals surface area contributed by atoms with Gasteiger partial charge in [-0.05, 0) is 18.1 Å². The highest BCUT2D eigenvalue weighted by molar-refractivity contribution is 5.92. The lowest BCUT2D eigenvalue weighted by molar-refractivity contribution is 0.0690. The molecule has 1 aromatic rings. The second-order valence-electron chi connectivity index (χ2n) is 3.97. The Morgan fingerprint density at radius 1 is 1.47 bits per heavy atom. The normalized spacial score (nSPS) is 11.9. The molecule has 0 fully saturated rings. The minimum Gasteiger partial charge on any atom is -0.493 e. The van der Waals surface area contributed by atoms with Gasteiger partial charge in [-0.1, -0.05) is 26.3 Å². The van der Waals surface area contributed by atoms with Gasteiger partial charge in [-0.25, -0.2) is 4.79 Å². The first-order chi connectivity index (χ1) is 8.10. The van der Waals surface area contributed by atoms with E-state index in [1.807, 2.05) is 0 Å². The van der Waals surface area contributed by atoms with Crippen molar-refractivity contribution in [1.82, 2.24) is 0 Å². The van der Waals surface area contributed by atoms with Crippen molar-refractivity contribution < 1.29 is 19.4 Å². The van der Waals surface area contributed by atoms with Crippen LogP contribution in [0.3, 0.4) is 0 Å². The number of aromatic carboxylic acids is 1. The molecule has 1 atom stereocenters. The minimum atomic E-state index is -1.01. The van der Waals surface area contributed by atoms with Gasteiger partial charge in [0.2, 0.25) is 0 Å². The molecule has 0 aliphatic rings. The fourth-order valence-electron chi connectivity index (χ4n) is 1.34. The minimum absolute atomic E-state index is 0.132. The zero-order valence-corrected chi connectivity index (χ0v) is 10.4. The summed E-state index contributed by atoms with van der Waals surface area (Å²) in [5, 5.41) is 9.07. The van der Waals surface area contributed by atoms with Crippen LogP contribution in [0.15, 0.2) is 18.2 Å². The van der Waals surface area contributed by atoms with Crippen molar-refractivity contribution in [3.63, 3.8) is 0 Å². The molecular formula is C13H18O4. The van der Waals surface area contributed by atoms with Crippen LogP contribution >= 0.6 is 0 Å². The Morgan fingerprint density at radius 2 is 2.18 bits per heavy atom. The monoisotopic (exact) mass is 238 g/mol. The second-order valence-corrected chi connectivity index (χ2v) is 3.97. The summed E-state index contributed by atoms with van der Waals surface area (Å²) in [6.45, 7) is 4.60. The van der Waals surface area contributed by atoms with Crippen molar-refractivity contribution in [1.29, 1.82) is 0 Å². The van der Waals surface area contributed by atoms with Gasteiger partial charge in [0.1, 0.15) is 5.56 Å². The number of methoxy groups -OCH3 is 1. The molecule has 0 aliphatic heterocycles. The van der Waals surface area contributed by atoms with Crippen molar-refractivity contribution in [3.8, 4) is 11.5 Å². The number of hydrogen-bond donors (Lipinski definition) is 1. The summed E-state index contributed by atoms with van der Waals surface area (Å²) in [4.78, 5) is 11.1. The van der Waals surface area contributed by atoms with E-state index in [2.05, 4.69) is 13.8 Å². The van der Waals surface area contributed by atoms with Crippen LogP contribution in [-0.4, -0.2) is 24.8 Å². The zero-order chi connectivity index (χ0) is 12.8. The van der Waals surface area contributed by atoms with Crippen LogP contribution in [0.2, 0.25) is 0 Å². The first kappa shape index (κ1) is 13.4. The SMILES string of the molecule is CCC(C)COc1c(OC)cccc1C(=O)O. The number of ether oxygens (including phenoxy) is 2. The molecule has 0 heterocycles. The Bertz CT molecular complexity index is 387. The topological polar surface area (TPSA) is 55.8 Å². The van der Waals surface area contributed by atoms with E-state index in [0.29, 0.717) is 24.0 Å². The maximum absolute atomic E-state index is 11.1. The van der Waals surface area contributed by atoms with Crippen LogP contribution in [-0.2, 0) is 0 Å². The Kier molecular flexibility index (Phi) is 4.82. The van der Waals surface area contributed by atoms with Gasteiger partial charge in [0.05, 0.1) is 13.7 Å². The van der Waals surface area contributed by atoms with Crippen molar-refractivity contribution in [3.05, 3.63) is 23.8 Å². The van der Waals surface area contributed by atoms with Crippen LogP contribution in [0.5, 0.6) is 11.5 Å². The van der Waals surface area contributed by atoms with E-state index in [1.165, 1.54) is 13.2 Å². The number of para-hydroxylation sites is 1. The van der Waals surface area contributed by atoms with Crippen LogP contribution in [0.4, 0.5) is 0 Å². The van der Waals surface area contributed by atoms with E-state index in [1.54, 1.807) is 12.1 Å². The molecule has 0 radical (unpaired) electrons. The third-order valence-corrected chi connectivity index (χ3v) is 2.64. The second kappa shape index (κ2) is 6.13. The molecule has 0 amide bonds. The Hall–Kier alpha value is -1.71. The molecule has 0 bridgehead atoms. The van der Waals surface area contributed by atoms with Gasteiger partial charge in [0, 0.05) is 0 Å². The van der Waals surface area contributed by atoms with Gasteiger partial charge in [0.25, 0.3) is 0 Å². The van der Waals surface area contributed by atoms with Gasteiger partial charge in [-0.15, -0.1) is 0 Å². The molecule has 1 aromatic carbocycles. The number of carbonyl (C=O) groups is 1. The van der Waals surface area contributed by atoms with Crippen molar-refractivity contribution in [2.45, 2.75) is 20.3 Å². The van der Waals surface area contributed by atoms with E-state index in [9.17, 15) is 4.79 Å². The van der Waals surface area contributed by atoms with E-state index < -0.39 is 5.97 Å². The van der Waals surface area contributed by atoms with Gasteiger partial charge in [-0.3, -0.25) is 0 Å². The van der Waals surface area contributed by atoms with E-state index in [-0.39, 0.29) is 5.56 Å². The van der Waals surface area contributed by atoms with Gasteiger partial charge >= 0.3 is 5.97 Å². The summed E-state index contributed by atoms with van der Waals surface area (Å²) in [5.74, 6) is 0.126. The average molecular weight is 238 g/mol. The highest BCUT2D eigenvalue weighted by Gasteiger charge is 2.16. The fraction of sp³-hybridized carbons (Fsp3) is 0.462. The molecule has 0 aliphatic carbocycles. The summed E-state index contributed by atoms with van der Waals surface area (Å²) >= 11 is 0. The lowest BCUT2D eigenvalue weighted by Crippen LogP contribution is -2.11. The van der Waals surface area contributed by atoms with E-state index >= 15 is 0 Å². The lowest BCUT2D eigenvalue weighted by atomic mass is 10.1. The lowest BCUT2D eigenvalue weighted by Gasteiger charge is -2.15. The molecule has 4 heteroatoms. The molecule has 0 saturated heterocycles. The largest absolute Gasteiger partial charge is 0.493 e. The summed E-state index contributed by atoms with van der Waals surface area (Å²) in [7, 11) is 1.50. The van der Waals surface area contributed by atoms with Gasteiger partial charge in [-0.2, -0.15) is 0 Å². The van der Waals surface area contributed by atoms with Crippen LogP contribution in [0, 0.1) is 5.92 Å². The predicted molar refractivity (Wildman–Crippen MR) is 64.9 cm³/mol. The fourth-order valence-corrected chi connectivity index (χ4v) is 1.34. The Morgan fingerprint density at radius 3 is 2.71 bits per heavy atom. The predicted octanol–water partition coefficient (Wildman–Crippen LogP) is 2.82. The summed E-state index contributed by atoms with van der Waals surface area (Å²) in [6.07, 6.45) is 0.984. The first-order valence-corrected chi connectivity index (χ1v) is 5.63. The molecule has 17 heavy (non-hydrogen) atoms. The maximum atomic E-state index is 11.1. The molecule has 0 spiro atoms. The summed E-state index contributed by atoms with van der Waals surface area (Å²) in [6, 6.07) is 4.84. The molecule has 94 valence electrons. The summed E-state index contributed by atoms with van der Waals surface area (Å²) < 4.78 is 10.7. The molecule has 1 rings (SSSR count). The van der Waals surface area contributed by atoms with Crippen molar-refractivity contribution in [2.24, 2.45) is 5.92 Å². The van der Waals surface area contributed by atoms with E-state index in [0.717, 1.165) is 6.42 Å². The van der Waals surface area contributed by atoms with Crippen molar-refractivity contribution >= 4 is 5.97 Å². The van der Waals surface area contributed by atoms with Crippen LogP contribution in [0.25, 0.3) is 0 Å². The maximum Gasteiger partial charge on any atom is 0.339 e. The van der Waals surface area contributed by atoms with Crippen LogP contribution < -0.4 is 9.47 Å². The highest BCUT2D eigenvalue weighted by Crippen LogP contribution is 2.31. The highest BCUT2D eigenvalue weighted by atomic mass is 16.5. The first-order valence-electron chi connectivity index (χ1n) is 5.63. The Labute approximate surface area is 101 Å². The standard InChI is InChI=1S/C13H18O4/c1-4-9(2)8-17-12-10(13(14)15)6-5-7-11(12)16-3/h5-7,9H,4,8H2,1-3H3,(H,14,15). The van der Waals surface area contributed by atoms with Gasteiger partial charge < -0.3 is 14.6 Å². The number of carboxylic acids is 1. The van der Waals surface area contributed by atoms with E-state index in [4.69, 9.17) is 14.6 Å². The van der Waals surface area contributed by atoms with Crippen LogP contribution in [0.1, 0.15) is 30.6 Å². The zero-order valence-electron chi connectivity index (χ0n) is 10.4. The number of hydrogen-bond acceptors (Lipinski definition) is 3. The number of rotatable bonds is 6. The van der Waals surface area contributed by atoms with Gasteiger partial charge in [0.15, 0.2) is 11.5 Å². The molecule has 1 N–H and O–H groups in total. The molecule has 0 aromatic heterocycles. The smallest absolute Gasteiger partial charge is 0.339 e. The molecule has 0 saturated carbocycles. The molecular weight excluding hydrogens is 220 g/mol. The molecule has 1 unspecified atom stereocenters. The third-order valence-electron chi connectivity index (χ3n) is 2.64. The molecule has 4 nitrogen and oxygen atoms in total. The summed E-state index contributed by atoms with van der Waals surface area (Å²) in [5.41, 5.74) is 0.132. The quantitative estimate of drug-likeness (QED) is 0.828. The number of benzene rings is 1. The Balaban J connectivity index is 2.97. The third kappa shape index (κ3) is 3.37. The average Bonchev–Trinajstić information content (AvgIpc) is 2.35. The van der Waals surface area contributed by atoms with Crippen molar-refractivity contribution in [2.75, 3.05) is 13.7 Å².